The number of halogens is 1. The second-order valence-corrected chi connectivity index (χ2v) is 5.52. The summed E-state index contributed by atoms with van der Waals surface area (Å²) in [5.74, 6) is 0. The lowest BCUT2D eigenvalue weighted by Crippen LogP contribution is -2.28. The number of hydrogen-bond donors (Lipinski definition) is 1. The summed E-state index contributed by atoms with van der Waals surface area (Å²) in [5.41, 5.74) is 3.59. The molecular weight excluding hydrogens is 258 g/mol. The van der Waals surface area contributed by atoms with Crippen LogP contribution in [0, 0.1) is 0 Å². The van der Waals surface area contributed by atoms with E-state index in [0.717, 1.165) is 17.1 Å². The van der Waals surface area contributed by atoms with E-state index in [1.807, 2.05) is 36.1 Å². The molecule has 0 spiro atoms. The highest BCUT2D eigenvalue weighted by Gasteiger charge is 2.22. The summed E-state index contributed by atoms with van der Waals surface area (Å²) in [5, 5.41) is 8.79. The van der Waals surface area contributed by atoms with E-state index in [-0.39, 0.29) is 0 Å². The van der Waals surface area contributed by atoms with Gasteiger partial charge in [-0.2, -0.15) is 5.10 Å². The van der Waals surface area contributed by atoms with Gasteiger partial charge in [0.2, 0.25) is 0 Å². The first-order chi connectivity index (χ1) is 9.25. The number of aromatic nitrogens is 2. The van der Waals surface area contributed by atoms with Gasteiger partial charge in [0.25, 0.3) is 0 Å². The van der Waals surface area contributed by atoms with E-state index in [4.69, 9.17) is 11.6 Å². The highest BCUT2D eigenvalue weighted by atomic mass is 35.5. The molecule has 0 radical (unpaired) electrons. The van der Waals surface area contributed by atoms with Crippen LogP contribution < -0.4 is 5.32 Å². The lowest BCUT2D eigenvalue weighted by atomic mass is 9.96. The third-order valence-electron chi connectivity index (χ3n) is 3.76. The van der Waals surface area contributed by atoms with Crippen molar-refractivity contribution in [2.24, 2.45) is 7.05 Å². The molecule has 1 saturated heterocycles. The van der Waals surface area contributed by atoms with Crippen LogP contribution in [0.2, 0.25) is 5.02 Å². The molecule has 0 saturated carbocycles. The zero-order valence-corrected chi connectivity index (χ0v) is 11.8. The van der Waals surface area contributed by atoms with Gasteiger partial charge < -0.3 is 5.32 Å². The molecular formula is C15H18ClN3. The monoisotopic (exact) mass is 275 g/mol. The molecule has 1 fully saturated rings. The van der Waals surface area contributed by atoms with Crippen molar-refractivity contribution in [3.63, 3.8) is 0 Å². The minimum atomic E-state index is 0.398. The smallest absolute Gasteiger partial charge is 0.0628 e. The molecule has 1 atom stereocenters. The Morgan fingerprint density at radius 1 is 1.37 bits per heavy atom. The van der Waals surface area contributed by atoms with Gasteiger partial charge >= 0.3 is 0 Å². The van der Waals surface area contributed by atoms with Crippen LogP contribution in [0.1, 0.15) is 31.0 Å². The molecule has 3 nitrogen and oxygen atoms in total. The normalized spacial score (nSPS) is 19.6. The van der Waals surface area contributed by atoms with E-state index in [1.165, 1.54) is 30.5 Å². The van der Waals surface area contributed by atoms with E-state index in [1.54, 1.807) is 0 Å². The average Bonchev–Trinajstić information content (AvgIpc) is 2.82. The molecule has 1 aromatic carbocycles. The fourth-order valence-corrected chi connectivity index (χ4v) is 3.01. The summed E-state index contributed by atoms with van der Waals surface area (Å²) in [4.78, 5) is 0. The van der Waals surface area contributed by atoms with Crippen LogP contribution in [0.3, 0.4) is 0 Å². The highest BCUT2D eigenvalue weighted by Crippen LogP contribution is 2.32. The molecule has 0 amide bonds. The first-order valence-corrected chi connectivity index (χ1v) is 7.15. The van der Waals surface area contributed by atoms with Gasteiger partial charge in [-0.15, -0.1) is 0 Å². The van der Waals surface area contributed by atoms with Crippen molar-refractivity contribution in [1.29, 1.82) is 0 Å². The van der Waals surface area contributed by atoms with Gasteiger partial charge in [-0.1, -0.05) is 30.2 Å². The number of piperidine rings is 1. The van der Waals surface area contributed by atoms with Crippen LogP contribution >= 0.6 is 11.6 Å². The lowest BCUT2D eigenvalue weighted by molar-refractivity contribution is 0.394. The SMILES string of the molecule is Cn1ncc(-c2cccc(Cl)c2)c1C1CCCCN1. The summed E-state index contributed by atoms with van der Waals surface area (Å²) in [6, 6.07) is 8.39. The maximum absolute atomic E-state index is 6.10. The van der Waals surface area contributed by atoms with Crippen LogP contribution in [0.4, 0.5) is 0 Å². The molecule has 1 aromatic heterocycles. The molecule has 3 rings (SSSR count). The van der Waals surface area contributed by atoms with Gasteiger partial charge in [0.05, 0.1) is 11.9 Å². The Hall–Kier alpha value is -1.32. The molecule has 100 valence electrons. The molecule has 2 heterocycles. The summed E-state index contributed by atoms with van der Waals surface area (Å²) in [7, 11) is 2.01. The molecule has 1 N–H and O–H groups in total. The predicted molar refractivity (Wildman–Crippen MR) is 78.2 cm³/mol. The molecule has 1 unspecified atom stereocenters. The zero-order chi connectivity index (χ0) is 13.2. The largest absolute Gasteiger partial charge is 0.309 e. The Morgan fingerprint density at radius 2 is 2.26 bits per heavy atom. The summed E-state index contributed by atoms with van der Waals surface area (Å²) >= 11 is 6.10. The van der Waals surface area contributed by atoms with Crippen LogP contribution in [0.25, 0.3) is 11.1 Å². The number of aryl methyl sites for hydroxylation is 1. The van der Waals surface area contributed by atoms with E-state index < -0.39 is 0 Å². The van der Waals surface area contributed by atoms with Gasteiger partial charge in [0.1, 0.15) is 0 Å². The number of rotatable bonds is 2. The third-order valence-corrected chi connectivity index (χ3v) is 4.00. The quantitative estimate of drug-likeness (QED) is 0.908. The fourth-order valence-electron chi connectivity index (χ4n) is 2.82. The van der Waals surface area contributed by atoms with Gasteiger partial charge in [-0.05, 0) is 37.1 Å². The molecule has 2 aromatic rings. The maximum Gasteiger partial charge on any atom is 0.0628 e. The zero-order valence-electron chi connectivity index (χ0n) is 11.1. The van der Waals surface area contributed by atoms with Crippen molar-refractivity contribution >= 4 is 11.6 Å². The van der Waals surface area contributed by atoms with Crippen molar-refractivity contribution in [3.05, 3.63) is 41.2 Å². The van der Waals surface area contributed by atoms with Crippen molar-refractivity contribution < 1.29 is 0 Å². The molecule has 1 aliphatic heterocycles. The number of hydrogen-bond acceptors (Lipinski definition) is 2. The fraction of sp³-hybridized carbons (Fsp3) is 0.400. The predicted octanol–water partition coefficient (Wildman–Crippen LogP) is 3.56. The Balaban J connectivity index is 2.02. The standard InChI is InChI=1S/C15H18ClN3/c1-19-15(14-7-2-3-8-17-14)13(10-18-19)11-5-4-6-12(16)9-11/h4-6,9-10,14,17H,2-3,7-8H2,1H3. The maximum atomic E-state index is 6.10. The Labute approximate surface area is 118 Å². The van der Waals surface area contributed by atoms with Crippen LogP contribution in [0.15, 0.2) is 30.5 Å². The first kappa shape index (κ1) is 12.7. The van der Waals surface area contributed by atoms with Crippen molar-refractivity contribution in [2.75, 3.05) is 6.54 Å². The summed E-state index contributed by atoms with van der Waals surface area (Å²) in [6.07, 6.45) is 5.66. The summed E-state index contributed by atoms with van der Waals surface area (Å²) < 4.78 is 1.99. The Morgan fingerprint density at radius 3 is 3.00 bits per heavy atom. The second kappa shape index (κ2) is 5.35. The Bertz CT molecular complexity index is 571. The first-order valence-electron chi connectivity index (χ1n) is 6.77. The lowest BCUT2D eigenvalue weighted by Gasteiger charge is -2.25. The third kappa shape index (κ3) is 2.53. The van der Waals surface area contributed by atoms with Gasteiger partial charge in [-0.25, -0.2) is 0 Å². The van der Waals surface area contributed by atoms with Gasteiger partial charge in [0.15, 0.2) is 0 Å². The minimum Gasteiger partial charge on any atom is -0.309 e. The van der Waals surface area contributed by atoms with E-state index in [2.05, 4.69) is 16.5 Å². The Kier molecular flexibility index (Phi) is 3.58. The topological polar surface area (TPSA) is 29.9 Å². The summed E-state index contributed by atoms with van der Waals surface area (Å²) in [6.45, 7) is 1.09. The number of benzene rings is 1. The van der Waals surface area contributed by atoms with E-state index in [0.29, 0.717) is 6.04 Å². The van der Waals surface area contributed by atoms with Crippen molar-refractivity contribution in [1.82, 2.24) is 15.1 Å². The van der Waals surface area contributed by atoms with Crippen molar-refractivity contribution in [3.8, 4) is 11.1 Å². The highest BCUT2D eigenvalue weighted by molar-refractivity contribution is 6.30. The molecule has 0 aliphatic carbocycles. The average molecular weight is 276 g/mol. The molecule has 1 aliphatic rings. The number of nitrogens with zero attached hydrogens (tertiary/aromatic N) is 2. The number of nitrogens with one attached hydrogen (secondary N) is 1. The minimum absolute atomic E-state index is 0.398. The van der Waals surface area contributed by atoms with Crippen LogP contribution in [-0.2, 0) is 7.05 Å². The van der Waals surface area contributed by atoms with Gasteiger partial charge in [0, 0.05) is 23.7 Å². The molecule has 4 heteroatoms. The van der Waals surface area contributed by atoms with Gasteiger partial charge in [-0.3, -0.25) is 4.68 Å². The molecule has 0 bridgehead atoms. The van der Waals surface area contributed by atoms with Crippen LogP contribution in [-0.4, -0.2) is 16.3 Å². The van der Waals surface area contributed by atoms with E-state index >= 15 is 0 Å². The molecule has 19 heavy (non-hydrogen) atoms. The van der Waals surface area contributed by atoms with E-state index in [9.17, 15) is 0 Å². The van der Waals surface area contributed by atoms with Crippen molar-refractivity contribution in [2.45, 2.75) is 25.3 Å². The second-order valence-electron chi connectivity index (χ2n) is 5.08. The van der Waals surface area contributed by atoms with Crippen LogP contribution in [0.5, 0.6) is 0 Å².